The molecule has 0 bridgehead atoms. The van der Waals surface area contributed by atoms with E-state index in [-0.39, 0.29) is 30.7 Å². The fourth-order valence-corrected chi connectivity index (χ4v) is 1.54. The van der Waals surface area contributed by atoms with E-state index in [2.05, 4.69) is 5.32 Å². The molecular formula is C11H22N2O2. The Kier molecular flexibility index (Phi) is 7.91. The number of carbonyl (C=O) groups is 2. The van der Waals surface area contributed by atoms with E-state index in [0.29, 0.717) is 0 Å². The molecule has 0 saturated heterocycles. The van der Waals surface area contributed by atoms with Crippen molar-refractivity contribution in [3.63, 3.8) is 0 Å². The van der Waals surface area contributed by atoms with Crippen LogP contribution in [0.3, 0.4) is 0 Å². The Morgan fingerprint density at radius 2 is 1.73 bits per heavy atom. The van der Waals surface area contributed by atoms with Crippen molar-refractivity contribution in [2.75, 3.05) is 6.54 Å². The van der Waals surface area contributed by atoms with Crippen molar-refractivity contribution in [3.05, 3.63) is 0 Å². The van der Waals surface area contributed by atoms with Crippen molar-refractivity contribution in [2.45, 2.75) is 46.0 Å². The van der Waals surface area contributed by atoms with Crippen LogP contribution >= 0.6 is 0 Å². The standard InChI is InChI=1S/C11H22N2O2/c1-3-5-9(6-4-2)11(15)13-10(14)7-8-12/h9H,3-8,12H2,1-2H3,(H,13,14,15). The molecule has 0 aromatic rings. The van der Waals surface area contributed by atoms with Crippen molar-refractivity contribution in [1.82, 2.24) is 5.32 Å². The Labute approximate surface area is 91.6 Å². The molecule has 0 rings (SSSR count). The van der Waals surface area contributed by atoms with Crippen LogP contribution in [0.2, 0.25) is 0 Å². The maximum atomic E-state index is 11.6. The van der Waals surface area contributed by atoms with Crippen molar-refractivity contribution in [2.24, 2.45) is 11.7 Å². The highest BCUT2D eigenvalue weighted by Crippen LogP contribution is 2.13. The van der Waals surface area contributed by atoms with E-state index in [4.69, 9.17) is 5.73 Å². The molecule has 0 aromatic heterocycles. The van der Waals surface area contributed by atoms with Gasteiger partial charge in [-0.2, -0.15) is 0 Å². The Morgan fingerprint density at radius 3 is 2.13 bits per heavy atom. The number of nitrogens with two attached hydrogens (primary N) is 1. The largest absolute Gasteiger partial charge is 0.330 e. The van der Waals surface area contributed by atoms with Crippen LogP contribution in [0.4, 0.5) is 0 Å². The van der Waals surface area contributed by atoms with E-state index in [0.717, 1.165) is 25.7 Å². The zero-order valence-corrected chi connectivity index (χ0v) is 9.71. The molecule has 88 valence electrons. The summed E-state index contributed by atoms with van der Waals surface area (Å²) in [6.45, 7) is 4.36. The molecular weight excluding hydrogens is 192 g/mol. The van der Waals surface area contributed by atoms with Crippen LogP contribution in [0.15, 0.2) is 0 Å². The Morgan fingerprint density at radius 1 is 1.20 bits per heavy atom. The fourth-order valence-electron chi connectivity index (χ4n) is 1.54. The average Bonchev–Trinajstić information content (AvgIpc) is 2.17. The molecule has 0 fully saturated rings. The summed E-state index contributed by atoms with van der Waals surface area (Å²) in [6.07, 6.45) is 3.83. The molecule has 0 atom stereocenters. The zero-order valence-electron chi connectivity index (χ0n) is 9.71. The van der Waals surface area contributed by atoms with Crippen LogP contribution in [0.25, 0.3) is 0 Å². The molecule has 15 heavy (non-hydrogen) atoms. The summed E-state index contributed by atoms with van der Waals surface area (Å²) >= 11 is 0. The maximum Gasteiger partial charge on any atom is 0.229 e. The summed E-state index contributed by atoms with van der Waals surface area (Å²) < 4.78 is 0. The molecule has 4 nitrogen and oxygen atoms in total. The number of amides is 2. The minimum atomic E-state index is -0.264. The zero-order chi connectivity index (χ0) is 11.7. The van der Waals surface area contributed by atoms with Gasteiger partial charge in [-0.25, -0.2) is 0 Å². The minimum absolute atomic E-state index is 0.0262. The third kappa shape index (κ3) is 6.23. The highest BCUT2D eigenvalue weighted by atomic mass is 16.2. The first-order valence-electron chi connectivity index (χ1n) is 5.69. The normalized spacial score (nSPS) is 10.4. The van der Waals surface area contributed by atoms with E-state index in [1.807, 2.05) is 13.8 Å². The van der Waals surface area contributed by atoms with Gasteiger partial charge in [0.15, 0.2) is 0 Å². The summed E-state index contributed by atoms with van der Waals surface area (Å²) in [4.78, 5) is 22.8. The third-order valence-electron chi connectivity index (χ3n) is 2.28. The van der Waals surface area contributed by atoms with Gasteiger partial charge in [-0.05, 0) is 12.8 Å². The summed E-state index contributed by atoms with van der Waals surface area (Å²) in [5.41, 5.74) is 5.23. The maximum absolute atomic E-state index is 11.6. The van der Waals surface area contributed by atoms with E-state index in [1.54, 1.807) is 0 Å². The molecule has 0 heterocycles. The summed E-state index contributed by atoms with van der Waals surface area (Å²) in [5, 5.41) is 2.39. The number of rotatable bonds is 7. The molecule has 0 aliphatic rings. The van der Waals surface area contributed by atoms with Crippen LogP contribution in [0, 0.1) is 5.92 Å². The second-order valence-corrected chi connectivity index (χ2v) is 3.73. The average molecular weight is 214 g/mol. The number of hydrogen-bond donors (Lipinski definition) is 2. The number of hydrogen-bond acceptors (Lipinski definition) is 3. The number of carbonyl (C=O) groups excluding carboxylic acids is 2. The lowest BCUT2D eigenvalue weighted by Crippen LogP contribution is -2.36. The van der Waals surface area contributed by atoms with Crippen molar-refractivity contribution < 1.29 is 9.59 Å². The van der Waals surface area contributed by atoms with Crippen LogP contribution in [-0.4, -0.2) is 18.4 Å². The molecule has 0 aromatic carbocycles. The third-order valence-corrected chi connectivity index (χ3v) is 2.28. The van der Waals surface area contributed by atoms with E-state index >= 15 is 0 Å². The van der Waals surface area contributed by atoms with E-state index < -0.39 is 0 Å². The molecule has 0 saturated carbocycles. The molecule has 3 N–H and O–H groups in total. The topological polar surface area (TPSA) is 72.2 Å². The first-order chi connectivity index (χ1) is 7.15. The second-order valence-electron chi connectivity index (χ2n) is 3.73. The molecule has 4 heteroatoms. The molecule has 0 radical (unpaired) electrons. The van der Waals surface area contributed by atoms with Gasteiger partial charge in [-0.15, -0.1) is 0 Å². The Bertz CT molecular complexity index is 199. The van der Waals surface area contributed by atoms with Crippen LogP contribution in [0.5, 0.6) is 0 Å². The first kappa shape index (κ1) is 14.1. The Hall–Kier alpha value is -0.900. The van der Waals surface area contributed by atoms with Gasteiger partial charge in [-0.1, -0.05) is 26.7 Å². The highest BCUT2D eigenvalue weighted by molar-refractivity contribution is 5.96. The van der Waals surface area contributed by atoms with Gasteiger partial charge in [0.05, 0.1) is 0 Å². The number of imide groups is 1. The van der Waals surface area contributed by atoms with Crippen molar-refractivity contribution in [3.8, 4) is 0 Å². The molecule has 0 spiro atoms. The lowest BCUT2D eigenvalue weighted by Gasteiger charge is -2.14. The van der Waals surface area contributed by atoms with Gasteiger partial charge in [0.2, 0.25) is 11.8 Å². The van der Waals surface area contributed by atoms with Crippen molar-refractivity contribution >= 4 is 11.8 Å². The van der Waals surface area contributed by atoms with Crippen LogP contribution in [-0.2, 0) is 9.59 Å². The minimum Gasteiger partial charge on any atom is -0.330 e. The lowest BCUT2D eigenvalue weighted by molar-refractivity contribution is -0.133. The summed E-state index contributed by atoms with van der Waals surface area (Å²) in [6, 6.07) is 0. The van der Waals surface area contributed by atoms with Gasteiger partial charge in [0.25, 0.3) is 0 Å². The number of nitrogens with one attached hydrogen (secondary N) is 1. The smallest absolute Gasteiger partial charge is 0.229 e. The van der Waals surface area contributed by atoms with E-state index in [1.165, 1.54) is 0 Å². The van der Waals surface area contributed by atoms with Gasteiger partial charge in [0, 0.05) is 18.9 Å². The van der Waals surface area contributed by atoms with E-state index in [9.17, 15) is 9.59 Å². The van der Waals surface area contributed by atoms with Crippen LogP contribution < -0.4 is 11.1 Å². The highest BCUT2D eigenvalue weighted by Gasteiger charge is 2.18. The summed E-state index contributed by atoms with van der Waals surface area (Å²) in [7, 11) is 0. The second kappa shape index (κ2) is 8.41. The lowest BCUT2D eigenvalue weighted by atomic mass is 9.97. The predicted molar refractivity (Wildman–Crippen MR) is 60.1 cm³/mol. The monoisotopic (exact) mass is 214 g/mol. The van der Waals surface area contributed by atoms with Crippen LogP contribution in [0.1, 0.15) is 46.0 Å². The van der Waals surface area contributed by atoms with Gasteiger partial charge in [0.1, 0.15) is 0 Å². The molecule has 0 aliphatic carbocycles. The van der Waals surface area contributed by atoms with Gasteiger partial charge >= 0.3 is 0 Å². The fraction of sp³-hybridized carbons (Fsp3) is 0.818. The predicted octanol–water partition coefficient (Wildman–Crippen LogP) is 1.19. The van der Waals surface area contributed by atoms with Gasteiger partial charge in [-0.3, -0.25) is 14.9 Å². The van der Waals surface area contributed by atoms with Gasteiger partial charge < -0.3 is 5.73 Å². The SMILES string of the molecule is CCCC(CCC)C(=O)NC(=O)CCN. The Balaban J connectivity index is 4.06. The molecule has 0 aliphatic heterocycles. The quantitative estimate of drug-likeness (QED) is 0.668. The van der Waals surface area contributed by atoms with Crippen molar-refractivity contribution in [1.29, 1.82) is 0 Å². The molecule has 2 amide bonds. The first-order valence-corrected chi connectivity index (χ1v) is 5.69. The summed E-state index contributed by atoms with van der Waals surface area (Å²) in [5.74, 6) is -0.432. The molecule has 0 unspecified atom stereocenters.